The molecule has 0 aliphatic carbocycles. The summed E-state index contributed by atoms with van der Waals surface area (Å²) in [6.45, 7) is -0.166. The Morgan fingerprint density at radius 1 is 1.04 bits per heavy atom. The molecule has 0 unspecified atom stereocenters. The Labute approximate surface area is 147 Å². The van der Waals surface area contributed by atoms with Gasteiger partial charge in [-0.1, -0.05) is 24.3 Å². The van der Waals surface area contributed by atoms with Crippen LogP contribution in [0.2, 0.25) is 0 Å². The molecule has 3 aromatic rings. The number of nitrogens with two attached hydrogens (primary N) is 1. The highest BCUT2D eigenvalue weighted by atomic mass is 16.2. The topological polar surface area (TPSA) is 127 Å². The molecular weight excluding hydrogens is 336 g/mol. The number of nitrogens with zero attached hydrogens (tertiary/aromatic N) is 1. The van der Waals surface area contributed by atoms with Gasteiger partial charge >= 0.3 is 0 Å². The van der Waals surface area contributed by atoms with Crippen molar-refractivity contribution in [3.05, 3.63) is 80.4 Å². The molecule has 0 saturated carbocycles. The van der Waals surface area contributed by atoms with Crippen LogP contribution < -0.4 is 22.2 Å². The quantitative estimate of drug-likeness (QED) is 0.602. The highest BCUT2D eigenvalue weighted by Gasteiger charge is 2.10. The summed E-state index contributed by atoms with van der Waals surface area (Å²) >= 11 is 0. The lowest BCUT2D eigenvalue weighted by Gasteiger charge is -2.09. The van der Waals surface area contributed by atoms with Gasteiger partial charge in [0.15, 0.2) is 0 Å². The Kier molecular flexibility index (Phi) is 4.66. The number of fused-ring (bicyclic) bond motifs is 1. The van der Waals surface area contributed by atoms with E-state index in [-0.39, 0.29) is 23.9 Å². The van der Waals surface area contributed by atoms with Crippen molar-refractivity contribution in [2.24, 2.45) is 5.73 Å². The van der Waals surface area contributed by atoms with Crippen molar-refractivity contribution in [2.45, 2.75) is 13.1 Å². The number of nitrogens with one attached hydrogen (secondary N) is 2. The number of hydrogen-bond donors (Lipinski definition) is 3. The second-order valence-corrected chi connectivity index (χ2v) is 5.72. The first-order valence-corrected chi connectivity index (χ1v) is 7.83. The molecule has 8 nitrogen and oxygen atoms in total. The van der Waals surface area contributed by atoms with E-state index in [9.17, 15) is 19.2 Å². The molecule has 0 fully saturated rings. The molecule has 0 atom stereocenters. The Hall–Kier alpha value is -3.68. The largest absolute Gasteiger partial charge is 0.366 e. The summed E-state index contributed by atoms with van der Waals surface area (Å²) in [7, 11) is 0. The molecule has 0 radical (unpaired) electrons. The standard InChI is InChI=1S/C18H16N4O4/c19-16(24)12-5-3-4-11(8-12)9-20-15(23)10-22-18(26)14-7-2-1-6-13(14)17(25)21-22/h1-8H,9-10H2,(H2,19,24)(H,20,23)(H,21,25). The number of benzene rings is 2. The monoisotopic (exact) mass is 352 g/mol. The molecule has 0 bridgehead atoms. The molecule has 0 saturated heterocycles. The van der Waals surface area contributed by atoms with Crippen LogP contribution in [0, 0.1) is 0 Å². The number of rotatable bonds is 5. The molecule has 0 spiro atoms. The predicted molar refractivity (Wildman–Crippen MR) is 95.6 cm³/mol. The van der Waals surface area contributed by atoms with Crippen molar-refractivity contribution in [3.8, 4) is 0 Å². The van der Waals surface area contributed by atoms with Gasteiger partial charge in [0.25, 0.3) is 11.1 Å². The highest BCUT2D eigenvalue weighted by Crippen LogP contribution is 2.05. The van der Waals surface area contributed by atoms with E-state index in [0.29, 0.717) is 11.1 Å². The molecule has 4 N–H and O–H groups in total. The number of carbonyl (C=O) groups excluding carboxylic acids is 2. The molecule has 132 valence electrons. The van der Waals surface area contributed by atoms with Crippen molar-refractivity contribution in [1.29, 1.82) is 0 Å². The van der Waals surface area contributed by atoms with E-state index >= 15 is 0 Å². The summed E-state index contributed by atoms with van der Waals surface area (Å²) in [5, 5.41) is 5.56. The second kappa shape index (κ2) is 7.06. The molecule has 1 heterocycles. The second-order valence-electron chi connectivity index (χ2n) is 5.72. The van der Waals surface area contributed by atoms with Gasteiger partial charge in [0.2, 0.25) is 11.8 Å². The van der Waals surface area contributed by atoms with Crippen LogP contribution in [0.4, 0.5) is 0 Å². The van der Waals surface area contributed by atoms with Gasteiger partial charge < -0.3 is 11.1 Å². The Bertz CT molecular complexity index is 1110. The number of amides is 2. The van der Waals surface area contributed by atoms with Gasteiger partial charge in [0.1, 0.15) is 6.54 Å². The summed E-state index contributed by atoms with van der Waals surface area (Å²) in [6, 6.07) is 12.9. The van der Waals surface area contributed by atoms with Crippen molar-refractivity contribution in [3.63, 3.8) is 0 Å². The number of primary amides is 1. The fourth-order valence-corrected chi connectivity index (χ4v) is 2.59. The summed E-state index contributed by atoms with van der Waals surface area (Å²) in [6.07, 6.45) is 0. The van der Waals surface area contributed by atoms with Crippen LogP contribution in [-0.4, -0.2) is 21.6 Å². The Morgan fingerprint density at radius 3 is 2.50 bits per heavy atom. The summed E-state index contributed by atoms with van der Waals surface area (Å²) < 4.78 is 0.972. The third-order valence-corrected chi connectivity index (χ3v) is 3.89. The minimum Gasteiger partial charge on any atom is -0.366 e. The lowest BCUT2D eigenvalue weighted by atomic mass is 10.1. The van der Waals surface area contributed by atoms with E-state index in [1.165, 1.54) is 6.07 Å². The van der Waals surface area contributed by atoms with Crippen molar-refractivity contribution < 1.29 is 9.59 Å². The fourth-order valence-electron chi connectivity index (χ4n) is 2.59. The molecular formula is C18H16N4O4. The van der Waals surface area contributed by atoms with Gasteiger partial charge in [-0.3, -0.25) is 24.3 Å². The number of aromatic nitrogens is 2. The smallest absolute Gasteiger partial charge is 0.273 e. The normalized spacial score (nSPS) is 10.6. The SMILES string of the molecule is NC(=O)c1cccc(CNC(=O)Cn2[nH]c(=O)c3ccccc3c2=O)c1. The van der Waals surface area contributed by atoms with Gasteiger partial charge in [-0.15, -0.1) is 0 Å². The number of H-pyrrole nitrogens is 1. The summed E-state index contributed by atoms with van der Waals surface area (Å²) in [5.74, 6) is -1.01. The molecule has 2 aromatic carbocycles. The highest BCUT2D eigenvalue weighted by molar-refractivity contribution is 5.92. The number of carbonyl (C=O) groups is 2. The molecule has 1 aromatic heterocycles. The number of aromatic amines is 1. The van der Waals surface area contributed by atoms with Gasteiger partial charge in [0.05, 0.1) is 10.8 Å². The third-order valence-electron chi connectivity index (χ3n) is 3.89. The van der Waals surface area contributed by atoms with E-state index in [0.717, 1.165) is 4.68 Å². The van der Waals surface area contributed by atoms with Crippen LogP contribution in [0.1, 0.15) is 15.9 Å². The molecule has 3 rings (SSSR count). The predicted octanol–water partition coefficient (Wildman–Crippen LogP) is 0.105. The van der Waals surface area contributed by atoms with Crippen LogP contribution in [0.5, 0.6) is 0 Å². The van der Waals surface area contributed by atoms with Gasteiger partial charge in [-0.2, -0.15) is 0 Å². The first kappa shape index (κ1) is 17.2. The van der Waals surface area contributed by atoms with Crippen LogP contribution in [0.3, 0.4) is 0 Å². The maximum absolute atomic E-state index is 12.4. The Morgan fingerprint density at radius 2 is 1.77 bits per heavy atom. The minimum absolute atomic E-state index is 0.159. The zero-order valence-electron chi connectivity index (χ0n) is 13.7. The van der Waals surface area contributed by atoms with Crippen LogP contribution in [0.25, 0.3) is 10.8 Å². The summed E-state index contributed by atoms with van der Waals surface area (Å²) in [5.41, 5.74) is 5.35. The van der Waals surface area contributed by atoms with Crippen LogP contribution >= 0.6 is 0 Å². The van der Waals surface area contributed by atoms with E-state index in [1.54, 1.807) is 42.5 Å². The lowest BCUT2D eigenvalue weighted by Crippen LogP contribution is -2.36. The first-order chi connectivity index (χ1) is 12.5. The molecule has 2 amide bonds. The summed E-state index contributed by atoms with van der Waals surface area (Å²) in [4.78, 5) is 47.7. The van der Waals surface area contributed by atoms with Gasteiger partial charge in [-0.05, 0) is 29.8 Å². The third kappa shape index (κ3) is 3.54. The van der Waals surface area contributed by atoms with E-state index in [2.05, 4.69) is 10.4 Å². The lowest BCUT2D eigenvalue weighted by molar-refractivity contribution is -0.122. The average Bonchev–Trinajstić information content (AvgIpc) is 2.64. The van der Waals surface area contributed by atoms with Crippen molar-refractivity contribution in [1.82, 2.24) is 15.1 Å². The average molecular weight is 352 g/mol. The van der Waals surface area contributed by atoms with Crippen LogP contribution in [0.15, 0.2) is 58.1 Å². The maximum Gasteiger partial charge on any atom is 0.273 e. The molecule has 8 heteroatoms. The molecule has 26 heavy (non-hydrogen) atoms. The zero-order valence-corrected chi connectivity index (χ0v) is 13.7. The van der Waals surface area contributed by atoms with Gasteiger partial charge in [0, 0.05) is 12.1 Å². The molecule has 0 aliphatic rings. The van der Waals surface area contributed by atoms with Crippen LogP contribution in [-0.2, 0) is 17.9 Å². The molecule has 0 aliphatic heterocycles. The van der Waals surface area contributed by atoms with Crippen molar-refractivity contribution >= 4 is 22.6 Å². The van der Waals surface area contributed by atoms with Crippen molar-refractivity contribution in [2.75, 3.05) is 0 Å². The van der Waals surface area contributed by atoms with E-state index < -0.39 is 22.9 Å². The fraction of sp³-hybridized carbons (Fsp3) is 0.111. The number of hydrogen-bond acceptors (Lipinski definition) is 4. The maximum atomic E-state index is 12.4. The van der Waals surface area contributed by atoms with E-state index in [4.69, 9.17) is 5.73 Å². The Balaban J connectivity index is 1.75. The zero-order chi connectivity index (χ0) is 18.7. The van der Waals surface area contributed by atoms with E-state index in [1.807, 2.05) is 0 Å². The van der Waals surface area contributed by atoms with Gasteiger partial charge in [-0.25, -0.2) is 4.68 Å². The minimum atomic E-state index is -0.557. The first-order valence-electron chi connectivity index (χ1n) is 7.83.